The molecule has 8 heteroatoms. The summed E-state index contributed by atoms with van der Waals surface area (Å²) in [5, 5.41) is 20.2. The van der Waals surface area contributed by atoms with Crippen molar-refractivity contribution in [3.63, 3.8) is 0 Å². The van der Waals surface area contributed by atoms with E-state index in [4.69, 9.17) is 16.6 Å². The molecule has 8 nitrogen and oxygen atoms in total. The molecular weight excluding hydrogens is 414 g/mol. The first-order valence-electron chi connectivity index (χ1n) is 11.1. The normalized spacial score (nSPS) is 18.7. The summed E-state index contributed by atoms with van der Waals surface area (Å²) in [6.45, 7) is 3.54. The number of nitrogens with two attached hydrogens (primary N) is 2. The van der Waals surface area contributed by atoms with Crippen LogP contribution in [0.25, 0.3) is 10.9 Å². The Labute approximate surface area is 192 Å². The predicted octanol–water partition coefficient (Wildman–Crippen LogP) is 3.01. The van der Waals surface area contributed by atoms with Gasteiger partial charge in [-0.2, -0.15) is 0 Å². The van der Waals surface area contributed by atoms with E-state index in [0.717, 1.165) is 53.9 Å². The summed E-state index contributed by atoms with van der Waals surface area (Å²) >= 11 is 0. The van der Waals surface area contributed by atoms with Gasteiger partial charge in [0.15, 0.2) is 5.88 Å². The van der Waals surface area contributed by atoms with Crippen LogP contribution in [-0.4, -0.2) is 39.9 Å². The van der Waals surface area contributed by atoms with E-state index in [1.165, 1.54) is 11.3 Å². The summed E-state index contributed by atoms with van der Waals surface area (Å²) < 4.78 is 0. The average Bonchev–Trinajstić information content (AvgIpc) is 3.01. The number of H-pyrrole nitrogens is 1. The monoisotopic (exact) mass is 443 g/mol. The van der Waals surface area contributed by atoms with Crippen LogP contribution in [0.1, 0.15) is 24.5 Å². The largest absolute Gasteiger partial charge is 0.494 e. The molecule has 0 radical (unpaired) electrons. The van der Waals surface area contributed by atoms with Crippen molar-refractivity contribution in [2.75, 3.05) is 18.8 Å². The molecule has 5 rings (SSSR count). The highest BCUT2D eigenvalue weighted by atomic mass is 16.3. The summed E-state index contributed by atoms with van der Waals surface area (Å²) in [5.41, 5.74) is 13.2. The molecule has 3 heterocycles. The molecule has 0 saturated heterocycles. The zero-order valence-electron chi connectivity index (χ0n) is 18.6. The first-order valence-corrected chi connectivity index (χ1v) is 11.1. The molecule has 2 aliphatic heterocycles. The maximum Gasteiger partial charge on any atom is 0.198 e. The Kier molecular flexibility index (Phi) is 5.43. The molecule has 1 atom stereocenters. The number of fused-ring (bicyclic) bond motifs is 1. The fourth-order valence-corrected chi connectivity index (χ4v) is 4.49. The number of aromatic nitrogens is 1. The summed E-state index contributed by atoms with van der Waals surface area (Å²) in [7, 11) is 0. The van der Waals surface area contributed by atoms with Gasteiger partial charge in [0.05, 0.1) is 22.7 Å². The summed E-state index contributed by atoms with van der Waals surface area (Å²) in [4.78, 5) is 7.73. The van der Waals surface area contributed by atoms with E-state index in [1.54, 1.807) is 11.1 Å². The van der Waals surface area contributed by atoms with Gasteiger partial charge in [-0.3, -0.25) is 4.99 Å². The first-order chi connectivity index (χ1) is 16.0. The van der Waals surface area contributed by atoms with Crippen LogP contribution in [0.4, 0.5) is 11.4 Å². The van der Waals surface area contributed by atoms with Gasteiger partial charge in [-0.15, -0.1) is 0 Å². The van der Waals surface area contributed by atoms with E-state index >= 15 is 0 Å². The highest BCUT2D eigenvalue weighted by Gasteiger charge is 2.20. The Morgan fingerprint density at radius 2 is 2.03 bits per heavy atom. The second-order valence-electron chi connectivity index (χ2n) is 8.64. The second-order valence-corrected chi connectivity index (χ2v) is 8.64. The van der Waals surface area contributed by atoms with E-state index in [9.17, 15) is 5.11 Å². The number of aromatic hydroxyl groups is 1. The number of anilines is 1. The number of allylic oxidation sites excluding steroid dienone is 1. The average molecular weight is 444 g/mol. The standard InChI is InChI=1S/C25H29N7O/c1-15(24-20-13-17(26)4-7-21(20)31-25(24)33)29-18-5-2-16(3-6-18)12-19-14-28-22-8-10-32(27)11-9-23(22)30-19/h2-8,10,13,19,28,30-31,33H,9,11-12,14,26-27H2,1H3. The molecule has 2 aliphatic rings. The fourth-order valence-electron chi connectivity index (χ4n) is 4.49. The zero-order valence-corrected chi connectivity index (χ0v) is 18.6. The van der Waals surface area contributed by atoms with Crippen LogP contribution in [0, 0.1) is 0 Å². The maximum atomic E-state index is 10.4. The SMILES string of the molecule is CC(=Nc1ccc(CC2CNC3=C(CCN(N)C=C3)N2)cc1)c1c(O)[nH]c2ccc(N)cc12. The lowest BCUT2D eigenvalue weighted by Gasteiger charge is -2.29. The van der Waals surface area contributed by atoms with E-state index < -0.39 is 0 Å². The van der Waals surface area contributed by atoms with E-state index in [0.29, 0.717) is 17.3 Å². The molecule has 170 valence electrons. The molecule has 0 amide bonds. The van der Waals surface area contributed by atoms with Crippen molar-refractivity contribution in [2.24, 2.45) is 10.8 Å². The molecule has 2 aromatic carbocycles. The number of hydrazine groups is 1. The third-order valence-corrected chi connectivity index (χ3v) is 6.17. The fraction of sp³-hybridized carbons (Fsp3) is 0.240. The number of benzene rings is 2. The van der Waals surface area contributed by atoms with Crippen LogP contribution in [0.15, 0.2) is 71.1 Å². The minimum absolute atomic E-state index is 0.101. The lowest BCUT2D eigenvalue weighted by molar-refractivity contribution is 0.391. The zero-order chi connectivity index (χ0) is 22.9. The van der Waals surface area contributed by atoms with Gasteiger partial charge in [-0.1, -0.05) is 12.1 Å². The molecule has 8 N–H and O–H groups in total. The van der Waals surface area contributed by atoms with E-state index in [1.807, 2.05) is 43.5 Å². The Morgan fingerprint density at radius 1 is 1.21 bits per heavy atom. The number of hydrogen-bond donors (Lipinski definition) is 6. The third-order valence-electron chi connectivity index (χ3n) is 6.17. The van der Waals surface area contributed by atoms with Crippen LogP contribution in [0.2, 0.25) is 0 Å². The van der Waals surface area contributed by atoms with Gasteiger partial charge < -0.3 is 31.5 Å². The minimum atomic E-state index is 0.101. The number of aliphatic imine (C=N–C) groups is 1. The number of aromatic amines is 1. The van der Waals surface area contributed by atoms with Crippen molar-refractivity contribution >= 4 is 28.0 Å². The molecule has 0 saturated carbocycles. The van der Waals surface area contributed by atoms with Crippen molar-refractivity contribution in [3.8, 4) is 5.88 Å². The smallest absolute Gasteiger partial charge is 0.198 e. The molecule has 1 unspecified atom stereocenters. The Balaban J connectivity index is 1.29. The number of rotatable bonds is 4. The number of nitrogens with one attached hydrogen (secondary N) is 3. The molecule has 1 aromatic heterocycles. The predicted molar refractivity (Wildman–Crippen MR) is 133 cm³/mol. The highest BCUT2D eigenvalue weighted by Crippen LogP contribution is 2.30. The van der Waals surface area contributed by atoms with Crippen molar-refractivity contribution in [1.29, 1.82) is 0 Å². The maximum absolute atomic E-state index is 10.4. The van der Waals surface area contributed by atoms with E-state index in [2.05, 4.69) is 27.8 Å². The molecule has 33 heavy (non-hydrogen) atoms. The van der Waals surface area contributed by atoms with Gasteiger partial charge in [0.2, 0.25) is 0 Å². The van der Waals surface area contributed by atoms with Gasteiger partial charge in [-0.05, 0) is 55.3 Å². The van der Waals surface area contributed by atoms with Crippen molar-refractivity contribution in [2.45, 2.75) is 25.8 Å². The van der Waals surface area contributed by atoms with Gasteiger partial charge >= 0.3 is 0 Å². The van der Waals surface area contributed by atoms with Gasteiger partial charge in [-0.25, -0.2) is 5.84 Å². The van der Waals surface area contributed by atoms with Gasteiger partial charge in [0.1, 0.15) is 0 Å². The number of nitrogen functional groups attached to an aromatic ring is 1. The van der Waals surface area contributed by atoms with E-state index in [-0.39, 0.29) is 5.88 Å². The highest BCUT2D eigenvalue weighted by molar-refractivity contribution is 6.13. The van der Waals surface area contributed by atoms with Crippen molar-refractivity contribution in [3.05, 3.63) is 77.3 Å². The molecule has 0 aliphatic carbocycles. The molecule has 0 fully saturated rings. The summed E-state index contributed by atoms with van der Waals surface area (Å²) in [6.07, 6.45) is 5.73. The number of hydrogen-bond acceptors (Lipinski definition) is 7. The number of nitrogens with zero attached hydrogens (tertiary/aromatic N) is 2. The Bertz CT molecular complexity index is 1270. The molecule has 3 aromatic rings. The van der Waals surface area contributed by atoms with Gasteiger partial charge in [0, 0.05) is 54.0 Å². The quantitative estimate of drug-likeness (QED) is 0.209. The first kappa shape index (κ1) is 21.0. The van der Waals surface area contributed by atoms with Crippen LogP contribution in [0.5, 0.6) is 5.88 Å². The lowest BCUT2D eigenvalue weighted by Crippen LogP contribution is -2.45. The van der Waals surface area contributed by atoms with Crippen molar-refractivity contribution in [1.82, 2.24) is 20.6 Å². The van der Waals surface area contributed by atoms with Crippen molar-refractivity contribution < 1.29 is 5.11 Å². The second kappa shape index (κ2) is 8.55. The molecule has 0 spiro atoms. The van der Waals surface area contributed by atoms with Crippen LogP contribution < -0.4 is 22.2 Å². The Hall–Kier alpha value is -3.91. The molecular formula is C25H29N7O. The summed E-state index contributed by atoms with van der Waals surface area (Å²) in [5.74, 6) is 6.00. The van der Waals surface area contributed by atoms with Crippen LogP contribution >= 0.6 is 0 Å². The minimum Gasteiger partial charge on any atom is -0.494 e. The van der Waals surface area contributed by atoms with Crippen LogP contribution in [-0.2, 0) is 6.42 Å². The van der Waals surface area contributed by atoms with Gasteiger partial charge in [0.25, 0.3) is 0 Å². The third kappa shape index (κ3) is 4.38. The topological polar surface area (TPSA) is 128 Å². The molecule has 0 bridgehead atoms. The van der Waals surface area contributed by atoms with Crippen LogP contribution in [0.3, 0.4) is 0 Å². The Morgan fingerprint density at radius 3 is 2.85 bits per heavy atom. The summed E-state index contributed by atoms with van der Waals surface area (Å²) in [6, 6.07) is 14.1. The lowest BCUT2D eigenvalue weighted by atomic mass is 10.0.